The topological polar surface area (TPSA) is 149 Å². The molecule has 4 heterocycles. The Morgan fingerprint density at radius 1 is 0.635 bits per heavy atom. The van der Waals surface area contributed by atoms with E-state index in [1.54, 1.807) is 19.3 Å². The van der Waals surface area contributed by atoms with Gasteiger partial charge in [-0.3, -0.25) is 19.6 Å². The van der Waals surface area contributed by atoms with Crippen molar-refractivity contribution >= 4 is 67.7 Å². The maximum Gasteiger partial charge on any atom is 0.325 e. The predicted molar refractivity (Wildman–Crippen MR) is 202 cm³/mol. The van der Waals surface area contributed by atoms with Gasteiger partial charge in [0.2, 0.25) is 11.9 Å². The number of rotatable bonds is 11. The summed E-state index contributed by atoms with van der Waals surface area (Å²) in [7, 11) is 0. The molecule has 0 radical (unpaired) electrons. The van der Waals surface area contributed by atoms with Gasteiger partial charge in [-0.1, -0.05) is 72.8 Å². The molecule has 0 amide bonds. The van der Waals surface area contributed by atoms with Gasteiger partial charge in [0, 0.05) is 23.2 Å². The first kappa shape index (κ1) is 33.7. The summed E-state index contributed by atoms with van der Waals surface area (Å²) in [6, 6.07) is 35.8. The highest BCUT2D eigenvalue weighted by Gasteiger charge is 2.15. The Morgan fingerprint density at radius 3 is 1.62 bits per heavy atom. The average molecular weight is 693 g/mol. The summed E-state index contributed by atoms with van der Waals surface area (Å²) in [6.07, 6.45) is 3.58. The minimum atomic E-state index is -0.926. The number of ether oxygens (including phenoxy) is 1. The molecule has 0 atom stereocenters. The maximum atomic E-state index is 11.7. The summed E-state index contributed by atoms with van der Waals surface area (Å²) in [5, 5.41) is 17.1. The molecule has 0 saturated carbocycles. The van der Waals surface area contributed by atoms with E-state index >= 15 is 0 Å². The fourth-order valence-electron chi connectivity index (χ4n) is 6.19. The van der Waals surface area contributed by atoms with E-state index in [4.69, 9.17) is 9.84 Å². The number of anilines is 2. The number of aliphatic carboxylic acids is 1. The summed E-state index contributed by atoms with van der Waals surface area (Å²) < 4.78 is 9.06. The van der Waals surface area contributed by atoms with Crippen molar-refractivity contribution in [2.75, 3.05) is 30.3 Å². The van der Waals surface area contributed by atoms with Gasteiger partial charge < -0.3 is 29.6 Å². The zero-order valence-corrected chi connectivity index (χ0v) is 28.4. The standard InChI is InChI=1S/C21H20N4O2.C19H16N4O2/c1-2-27-19(26)13-23-21-24-17-10-3-4-11-18(17)25(21)14-16-8-5-7-15-9-6-12-22-20(15)16;24-17(25)11-21-19-22-15-8-1-2-9-16(15)23(19)12-14-6-3-5-13-7-4-10-20-18(13)14/h3-12H,2,13-14H2,1H3,(H,23,24);1-10H,11-12H2,(H,21,22)(H,24,25). The molecule has 260 valence electrons. The SMILES string of the molecule is CCOC(=O)CNc1nc2ccccc2n1Cc1cccc2cccnc12.O=C(O)CNc1nc2ccccc2n1Cc1cccc2cccnc12. The number of carbonyl (C=O) groups is 2. The van der Waals surface area contributed by atoms with E-state index in [0.29, 0.717) is 31.6 Å². The highest BCUT2D eigenvalue weighted by atomic mass is 16.5. The van der Waals surface area contributed by atoms with Crippen LogP contribution in [0.4, 0.5) is 11.9 Å². The lowest BCUT2D eigenvalue weighted by atomic mass is 10.1. The molecule has 4 aromatic heterocycles. The van der Waals surface area contributed by atoms with Gasteiger partial charge in [-0.05, 0) is 54.4 Å². The van der Waals surface area contributed by atoms with Gasteiger partial charge in [-0.2, -0.15) is 0 Å². The first-order chi connectivity index (χ1) is 25.5. The molecular weight excluding hydrogens is 656 g/mol. The fraction of sp³-hybridized carbons (Fsp3) is 0.150. The van der Waals surface area contributed by atoms with Crippen LogP contribution in [0.1, 0.15) is 18.1 Å². The van der Waals surface area contributed by atoms with Crippen molar-refractivity contribution in [1.82, 2.24) is 29.1 Å². The molecule has 0 bridgehead atoms. The molecule has 12 nitrogen and oxygen atoms in total. The second kappa shape index (κ2) is 15.4. The quantitative estimate of drug-likeness (QED) is 0.125. The van der Waals surface area contributed by atoms with E-state index < -0.39 is 5.97 Å². The largest absolute Gasteiger partial charge is 0.480 e. The second-order valence-corrected chi connectivity index (χ2v) is 11.9. The normalized spacial score (nSPS) is 11.0. The van der Waals surface area contributed by atoms with Gasteiger partial charge in [0.1, 0.15) is 13.1 Å². The van der Waals surface area contributed by atoms with Crippen LogP contribution in [0.25, 0.3) is 43.9 Å². The smallest absolute Gasteiger partial charge is 0.325 e. The molecule has 0 fully saturated rings. The number of hydrogen-bond donors (Lipinski definition) is 3. The summed E-state index contributed by atoms with van der Waals surface area (Å²) in [5.41, 5.74) is 7.69. The fourth-order valence-corrected chi connectivity index (χ4v) is 6.19. The van der Waals surface area contributed by atoms with Crippen LogP contribution < -0.4 is 10.6 Å². The molecule has 3 N–H and O–H groups in total. The summed E-state index contributed by atoms with van der Waals surface area (Å²) >= 11 is 0. The van der Waals surface area contributed by atoms with Gasteiger partial charge in [0.25, 0.3) is 0 Å². The Morgan fingerprint density at radius 2 is 1.12 bits per heavy atom. The monoisotopic (exact) mass is 692 g/mol. The third-order valence-electron chi connectivity index (χ3n) is 8.49. The molecule has 0 aliphatic rings. The number of aromatic nitrogens is 6. The Bertz CT molecular complexity index is 2520. The zero-order chi connectivity index (χ0) is 35.9. The van der Waals surface area contributed by atoms with Crippen LogP contribution in [0.5, 0.6) is 0 Å². The summed E-state index contributed by atoms with van der Waals surface area (Å²) in [6.45, 7) is 3.19. The van der Waals surface area contributed by atoms with Crippen LogP contribution in [0.2, 0.25) is 0 Å². The van der Waals surface area contributed by atoms with Crippen LogP contribution >= 0.6 is 0 Å². The molecule has 0 spiro atoms. The number of hydrogen-bond acceptors (Lipinski definition) is 9. The van der Waals surface area contributed by atoms with Crippen LogP contribution in [0, 0.1) is 0 Å². The number of carboxylic acids is 1. The number of carboxylic acid groups (broad SMARTS) is 1. The first-order valence-electron chi connectivity index (χ1n) is 16.9. The Labute approximate surface area is 298 Å². The predicted octanol–water partition coefficient (Wildman–Crippen LogP) is 6.74. The van der Waals surface area contributed by atoms with Crippen LogP contribution in [-0.2, 0) is 27.4 Å². The molecule has 52 heavy (non-hydrogen) atoms. The van der Waals surface area contributed by atoms with Crippen molar-refractivity contribution in [2.45, 2.75) is 20.0 Å². The third kappa shape index (κ3) is 7.36. The lowest BCUT2D eigenvalue weighted by Crippen LogP contribution is -2.19. The minimum Gasteiger partial charge on any atom is -0.480 e. The molecule has 8 rings (SSSR count). The Hall–Kier alpha value is -6.82. The lowest BCUT2D eigenvalue weighted by Gasteiger charge is -2.12. The molecular formula is C40H36N8O4. The minimum absolute atomic E-state index is 0.0744. The highest BCUT2D eigenvalue weighted by molar-refractivity contribution is 5.85. The summed E-state index contributed by atoms with van der Waals surface area (Å²) in [5.74, 6) is -0.0536. The van der Waals surface area contributed by atoms with E-state index in [-0.39, 0.29) is 19.1 Å². The maximum absolute atomic E-state index is 11.7. The van der Waals surface area contributed by atoms with Crippen LogP contribution in [0.3, 0.4) is 0 Å². The molecule has 0 aliphatic carbocycles. The number of para-hydroxylation sites is 6. The van der Waals surface area contributed by atoms with E-state index in [1.807, 2.05) is 95.6 Å². The first-order valence-corrected chi connectivity index (χ1v) is 16.9. The number of imidazole rings is 2. The van der Waals surface area contributed by atoms with E-state index in [1.165, 1.54) is 0 Å². The number of pyridine rings is 2. The number of fused-ring (bicyclic) bond motifs is 4. The van der Waals surface area contributed by atoms with Crippen molar-refractivity contribution in [3.8, 4) is 0 Å². The molecule has 12 heteroatoms. The zero-order valence-electron chi connectivity index (χ0n) is 28.4. The van der Waals surface area contributed by atoms with E-state index in [2.05, 4.69) is 53.3 Å². The Balaban J connectivity index is 0.000000162. The third-order valence-corrected chi connectivity index (χ3v) is 8.49. The number of nitrogens with zero attached hydrogens (tertiary/aromatic N) is 6. The van der Waals surface area contributed by atoms with Gasteiger partial charge in [0.15, 0.2) is 0 Å². The van der Waals surface area contributed by atoms with Crippen molar-refractivity contribution in [3.63, 3.8) is 0 Å². The molecule has 4 aromatic carbocycles. The number of benzene rings is 4. The van der Waals surface area contributed by atoms with Crippen LogP contribution in [-0.4, -0.2) is 65.8 Å². The van der Waals surface area contributed by atoms with Crippen molar-refractivity contribution in [3.05, 3.63) is 133 Å². The number of nitrogens with one attached hydrogen (secondary N) is 2. The Kier molecular flexibility index (Phi) is 9.96. The lowest BCUT2D eigenvalue weighted by molar-refractivity contribution is -0.141. The van der Waals surface area contributed by atoms with Gasteiger partial charge in [-0.25, -0.2) is 9.97 Å². The molecule has 8 aromatic rings. The van der Waals surface area contributed by atoms with Crippen molar-refractivity contribution in [2.24, 2.45) is 0 Å². The van der Waals surface area contributed by atoms with Gasteiger partial charge in [0.05, 0.1) is 52.8 Å². The van der Waals surface area contributed by atoms with Gasteiger partial charge in [-0.15, -0.1) is 0 Å². The molecule has 0 unspecified atom stereocenters. The molecule has 0 aliphatic heterocycles. The van der Waals surface area contributed by atoms with Crippen molar-refractivity contribution < 1.29 is 19.4 Å². The number of esters is 1. The van der Waals surface area contributed by atoms with Crippen LogP contribution in [0.15, 0.2) is 122 Å². The average Bonchev–Trinajstić information content (AvgIpc) is 3.71. The van der Waals surface area contributed by atoms with Gasteiger partial charge >= 0.3 is 11.9 Å². The van der Waals surface area contributed by atoms with E-state index in [9.17, 15) is 9.59 Å². The highest BCUT2D eigenvalue weighted by Crippen LogP contribution is 2.25. The second-order valence-electron chi connectivity index (χ2n) is 11.9. The van der Waals surface area contributed by atoms with E-state index in [0.717, 1.165) is 55.0 Å². The summed E-state index contributed by atoms with van der Waals surface area (Å²) in [4.78, 5) is 40.9. The molecule has 0 saturated heterocycles. The van der Waals surface area contributed by atoms with Crippen molar-refractivity contribution in [1.29, 1.82) is 0 Å². The number of carbonyl (C=O) groups excluding carboxylic acids is 1.